The van der Waals surface area contributed by atoms with Gasteiger partial charge in [-0.05, 0) is 19.9 Å². The van der Waals surface area contributed by atoms with E-state index in [-0.39, 0.29) is 6.61 Å². The van der Waals surface area contributed by atoms with Gasteiger partial charge in [0.2, 0.25) is 0 Å². The Morgan fingerprint density at radius 2 is 2.17 bits per heavy atom. The lowest BCUT2D eigenvalue weighted by Crippen LogP contribution is -2.32. The molecule has 0 aromatic heterocycles. The molecule has 0 rings (SSSR count). The van der Waals surface area contributed by atoms with Crippen LogP contribution in [0.1, 0.15) is 26.2 Å². The van der Waals surface area contributed by atoms with Crippen molar-refractivity contribution in [3.05, 3.63) is 0 Å². The molecule has 0 amide bonds. The van der Waals surface area contributed by atoms with Crippen LogP contribution in [0.5, 0.6) is 0 Å². The van der Waals surface area contributed by atoms with Crippen molar-refractivity contribution in [1.29, 1.82) is 0 Å². The molecular weight excluding hydrogens is 150 g/mol. The van der Waals surface area contributed by atoms with E-state index in [1.54, 1.807) is 0 Å². The highest BCUT2D eigenvalue weighted by Gasteiger charge is 2.11. The molecule has 0 aliphatic carbocycles. The van der Waals surface area contributed by atoms with Gasteiger partial charge >= 0.3 is 0 Å². The molecule has 0 saturated carbocycles. The first kappa shape index (κ1) is 11.5. The van der Waals surface area contributed by atoms with E-state index in [1.165, 1.54) is 0 Å². The molecular formula is C10H19NO. The SMILES string of the molecule is C#CCN(C)C(CCC)CCO. The van der Waals surface area contributed by atoms with Crippen LogP contribution in [0.25, 0.3) is 0 Å². The van der Waals surface area contributed by atoms with Gasteiger partial charge in [0.15, 0.2) is 0 Å². The second-order valence-electron chi connectivity index (χ2n) is 3.07. The summed E-state index contributed by atoms with van der Waals surface area (Å²) < 4.78 is 0. The number of hydrogen-bond acceptors (Lipinski definition) is 2. The van der Waals surface area contributed by atoms with Gasteiger partial charge in [-0.2, -0.15) is 0 Å². The lowest BCUT2D eigenvalue weighted by atomic mass is 10.1. The maximum Gasteiger partial charge on any atom is 0.0598 e. The topological polar surface area (TPSA) is 23.5 Å². The van der Waals surface area contributed by atoms with Gasteiger partial charge in [0.1, 0.15) is 0 Å². The normalized spacial score (nSPS) is 12.9. The third-order valence-corrected chi connectivity index (χ3v) is 2.05. The second kappa shape index (κ2) is 7.15. The Bertz CT molecular complexity index is 133. The van der Waals surface area contributed by atoms with Crippen molar-refractivity contribution in [3.8, 4) is 12.3 Å². The van der Waals surface area contributed by atoms with Crippen LogP contribution in [0.2, 0.25) is 0 Å². The molecule has 0 aromatic carbocycles. The van der Waals surface area contributed by atoms with E-state index in [0.717, 1.165) is 19.3 Å². The van der Waals surface area contributed by atoms with E-state index in [4.69, 9.17) is 11.5 Å². The van der Waals surface area contributed by atoms with Crippen LogP contribution >= 0.6 is 0 Å². The zero-order valence-corrected chi connectivity index (χ0v) is 8.08. The Balaban J connectivity index is 3.82. The molecule has 0 bridgehead atoms. The molecule has 0 aliphatic rings. The fourth-order valence-electron chi connectivity index (χ4n) is 1.34. The summed E-state index contributed by atoms with van der Waals surface area (Å²) >= 11 is 0. The van der Waals surface area contributed by atoms with E-state index >= 15 is 0 Å². The highest BCUT2D eigenvalue weighted by atomic mass is 16.3. The summed E-state index contributed by atoms with van der Waals surface area (Å²) in [6, 6.07) is 0.441. The van der Waals surface area contributed by atoms with E-state index in [1.807, 2.05) is 7.05 Å². The highest BCUT2D eigenvalue weighted by molar-refractivity contribution is 4.89. The zero-order chi connectivity index (χ0) is 9.40. The first-order chi connectivity index (χ1) is 5.76. The average molecular weight is 169 g/mol. The van der Waals surface area contributed by atoms with Gasteiger partial charge in [0.05, 0.1) is 6.54 Å². The van der Waals surface area contributed by atoms with Crippen molar-refractivity contribution in [2.24, 2.45) is 0 Å². The fraction of sp³-hybridized carbons (Fsp3) is 0.800. The molecule has 0 aliphatic heterocycles. The Morgan fingerprint density at radius 1 is 1.50 bits per heavy atom. The summed E-state index contributed by atoms with van der Waals surface area (Å²) in [6.45, 7) is 3.07. The van der Waals surface area contributed by atoms with Gasteiger partial charge in [-0.15, -0.1) is 6.42 Å². The molecule has 0 radical (unpaired) electrons. The van der Waals surface area contributed by atoms with Gasteiger partial charge < -0.3 is 5.11 Å². The van der Waals surface area contributed by atoms with Gasteiger partial charge in [0, 0.05) is 12.6 Å². The lowest BCUT2D eigenvalue weighted by Gasteiger charge is -2.25. The Labute approximate surface area is 75.6 Å². The van der Waals surface area contributed by atoms with Crippen LogP contribution in [0.4, 0.5) is 0 Å². The first-order valence-corrected chi connectivity index (χ1v) is 4.50. The van der Waals surface area contributed by atoms with Crippen LogP contribution in [0, 0.1) is 12.3 Å². The number of rotatable bonds is 6. The predicted octanol–water partition coefficient (Wildman–Crippen LogP) is 1.10. The van der Waals surface area contributed by atoms with Crippen molar-refractivity contribution in [3.63, 3.8) is 0 Å². The van der Waals surface area contributed by atoms with Gasteiger partial charge in [0.25, 0.3) is 0 Å². The highest BCUT2D eigenvalue weighted by Crippen LogP contribution is 2.07. The van der Waals surface area contributed by atoms with Crippen LogP contribution in [0.3, 0.4) is 0 Å². The fourth-order valence-corrected chi connectivity index (χ4v) is 1.34. The lowest BCUT2D eigenvalue weighted by molar-refractivity contribution is 0.190. The second-order valence-corrected chi connectivity index (χ2v) is 3.07. The Hall–Kier alpha value is -0.520. The van der Waals surface area contributed by atoms with Gasteiger partial charge in [-0.25, -0.2) is 0 Å². The number of terminal acetylenes is 1. The summed E-state index contributed by atoms with van der Waals surface area (Å²) in [4.78, 5) is 2.12. The number of aliphatic hydroxyl groups excluding tert-OH is 1. The predicted molar refractivity (Wildman–Crippen MR) is 51.9 cm³/mol. The summed E-state index contributed by atoms with van der Waals surface area (Å²) in [5, 5.41) is 8.80. The van der Waals surface area contributed by atoms with Gasteiger partial charge in [-0.1, -0.05) is 19.3 Å². The van der Waals surface area contributed by atoms with Crippen molar-refractivity contribution < 1.29 is 5.11 Å². The van der Waals surface area contributed by atoms with E-state index < -0.39 is 0 Å². The molecule has 12 heavy (non-hydrogen) atoms. The number of nitrogens with zero attached hydrogens (tertiary/aromatic N) is 1. The minimum absolute atomic E-state index is 0.250. The van der Waals surface area contributed by atoms with Crippen molar-refractivity contribution in [2.75, 3.05) is 20.2 Å². The summed E-state index contributed by atoms with van der Waals surface area (Å²) in [5.41, 5.74) is 0. The average Bonchev–Trinajstić information content (AvgIpc) is 2.04. The zero-order valence-electron chi connectivity index (χ0n) is 8.08. The van der Waals surface area contributed by atoms with E-state index in [0.29, 0.717) is 12.6 Å². The third kappa shape index (κ3) is 4.38. The standard InChI is InChI=1S/C10H19NO/c1-4-6-10(7-9-12)11(3)8-5-2/h2,10,12H,4,6-9H2,1,3H3. The molecule has 1 atom stereocenters. The minimum atomic E-state index is 0.250. The summed E-state index contributed by atoms with van der Waals surface area (Å²) in [7, 11) is 2.01. The van der Waals surface area contributed by atoms with Crippen LogP contribution in [-0.4, -0.2) is 36.2 Å². The van der Waals surface area contributed by atoms with E-state index in [2.05, 4.69) is 17.7 Å². The minimum Gasteiger partial charge on any atom is -0.396 e. The molecule has 0 fully saturated rings. The molecule has 0 heterocycles. The Kier molecular flexibility index (Phi) is 6.84. The van der Waals surface area contributed by atoms with E-state index in [9.17, 15) is 0 Å². The van der Waals surface area contributed by atoms with Crippen molar-refractivity contribution >= 4 is 0 Å². The van der Waals surface area contributed by atoms with Crippen molar-refractivity contribution in [2.45, 2.75) is 32.2 Å². The number of hydrogen-bond donors (Lipinski definition) is 1. The molecule has 2 nitrogen and oxygen atoms in total. The quantitative estimate of drug-likeness (QED) is 0.602. The van der Waals surface area contributed by atoms with Crippen LogP contribution in [-0.2, 0) is 0 Å². The monoisotopic (exact) mass is 169 g/mol. The molecule has 0 saturated heterocycles. The van der Waals surface area contributed by atoms with Crippen LogP contribution in [0.15, 0.2) is 0 Å². The number of aliphatic hydroxyl groups is 1. The molecule has 0 spiro atoms. The summed E-state index contributed by atoms with van der Waals surface area (Å²) in [6.07, 6.45) is 8.28. The molecule has 1 N–H and O–H groups in total. The smallest absolute Gasteiger partial charge is 0.0598 e. The molecule has 70 valence electrons. The third-order valence-electron chi connectivity index (χ3n) is 2.05. The maximum absolute atomic E-state index is 8.80. The molecule has 2 heteroatoms. The van der Waals surface area contributed by atoms with Gasteiger partial charge in [-0.3, -0.25) is 4.90 Å². The Morgan fingerprint density at radius 3 is 2.58 bits per heavy atom. The van der Waals surface area contributed by atoms with Crippen LogP contribution < -0.4 is 0 Å². The first-order valence-electron chi connectivity index (χ1n) is 4.50. The molecule has 1 unspecified atom stereocenters. The maximum atomic E-state index is 8.80. The molecule has 0 aromatic rings. The van der Waals surface area contributed by atoms with Crippen molar-refractivity contribution in [1.82, 2.24) is 4.90 Å². The largest absolute Gasteiger partial charge is 0.396 e. The summed E-state index contributed by atoms with van der Waals surface area (Å²) in [5.74, 6) is 2.61.